The summed E-state index contributed by atoms with van der Waals surface area (Å²) in [5, 5.41) is 12.2. The standard InChI is InChI=1S/C13H19N5/c1-10-4-2-3-6-13(10,9-15)18-12-16-7-5-11(8-14)17-12/h5,7,10H,2-4,6,9,15H2,1H3,(H,16,17,18). The second-order valence-corrected chi connectivity index (χ2v) is 5.01. The van der Waals surface area contributed by atoms with E-state index < -0.39 is 0 Å². The molecule has 2 unspecified atom stereocenters. The predicted molar refractivity (Wildman–Crippen MR) is 69.8 cm³/mol. The van der Waals surface area contributed by atoms with Gasteiger partial charge >= 0.3 is 0 Å². The van der Waals surface area contributed by atoms with Crippen molar-refractivity contribution in [2.45, 2.75) is 38.1 Å². The molecule has 0 saturated heterocycles. The van der Waals surface area contributed by atoms with Crippen molar-refractivity contribution in [3.63, 3.8) is 0 Å². The van der Waals surface area contributed by atoms with Crippen molar-refractivity contribution in [2.75, 3.05) is 11.9 Å². The average Bonchev–Trinajstić information content (AvgIpc) is 2.42. The molecule has 0 amide bonds. The SMILES string of the molecule is CC1CCCCC1(CN)Nc1nccc(C#N)n1. The summed E-state index contributed by atoms with van der Waals surface area (Å²) < 4.78 is 0. The first-order chi connectivity index (χ1) is 8.70. The number of hydrogen-bond donors (Lipinski definition) is 2. The zero-order valence-electron chi connectivity index (χ0n) is 10.7. The van der Waals surface area contributed by atoms with E-state index in [4.69, 9.17) is 11.0 Å². The molecule has 2 rings (SSSR count). The largest absolute Gasteiger partial charge is 0.347 e. The molecule has 3 N–H and O–H groups in total. The van der Waals surface area contributed by atoms with Crippen molar-refractivity contribution in [3.05, 3.63) is 18.0 Å². The van der Waals surface area contributed by atoms with Gasteiger partial charge in [0.15, 0.2) is 0 Å². The van der Waals surface area contributed by atoms with E-state index in [-0.39, 0.29) is 5.54 Å². The van der Waals surface area contributed by atoms with Crippen LogP contribution in [0.4, 0.5) is 5.95 Å². The molecule has 0 spiro atoms. The lowest BCUT2D eigenvalue weighted by atomic mass is 9.73. The van der Waals surface area contributed by atoms with E-state index in [2.05, 4.69) is 22.2 Å². The molecular formula is C13H19N5. The second-order valence-electron chi connectivity index (χ2n) is 5.01. The topological polar surface area (TPSA) is 87.6 Å². The fraction of sp³-hybridized carbons (Fsp3) is 0.615. The van der Waals surface area contributed by atoms with Crippen LogP contribution in [0.2, 0.25) is 0 Å². The monoisotopic (exact) mass is 245 g/mol. The van der Waals surface area contributed by atoms with Crippen LogP contribution in [0.3, 0.4) is 0 Å². The Balaban J connectivity index is 2.21. The van der Waals surface area contributed by atoms with Gasteiger partial charge in [-0.2, -0.15) is 5.26 Å². The van der Waals surface area contributed by atoms with Crippen molar-refractivity contribution in [1.29, 1.82) is 5.26 Å². The summed E-state index contributed by atoms with van der Waals surface area (Å²) in [5.41, 5.74) is 6.21. The minimum Gasteiger partial charge on any atom is -0.347 e. The minimum absolute atomic E-state index is 0.133. The van der Waals surface area contributed by atoms with Crippen molar-refractivity contribution >= 4 is 5.95 Å². The molecule has 1 aliphatic rings. The summed E-state index contributed by atoms with van der Waals surface area (Å²) in [5.74, 6) is 0.999. The molecule has 1 saturated carbocycles. The summed E-state index contributed by atoms with van der Waals surface area (Å²) in [7, 11) is 0. The third-order valence-electron chi connectivity index (χ3n) is 3.95. The van der Waals surface area contributed by atoms with Crippen LogP contribution >= 0.6 is 0 Å². The Morgan fingerprint density at radius 3 is 3.11 bits per heavy atom. The van der Waals surface area contributed by atoms with Gasteiger partial charge in [-0.25, -0.2) is 9.97 Å². The van der Waals surface area contributed by atoms with E-state index >= 15 is 0 Å². The molecule has 0 radical (unpaired) electrons. The number of anilines is 1. The van der Waals surface area contributed by atoms with E-state index in [1.54, 1.807) is 12.3 Å². The third kappa shape index (κ3) is 2.44. The van der Waals surface area contributed by atoms with E-state index in [0.29, 0.717) is 24.1 Å². The van der Waals surface area contributed by atoms with Crippen LogP contribution in [0.25, 0.3) is 0 Å². The molecule has 1 heterocycles. The van der Waals surface area contributed by atoms with Gasteiger partial charge in [-0.3, -0.25) is 0 Å². The molecule has 0 bridgehead atoms. The summed E-state index contributed by atoms with van der Waals surface area (Å²) >= 11 is 0. The van der Waals surface area contributed by atoms with Gasteiger partial charge in [0, 0.05) is 12.7 Å². The second kappa shape index (κ2) is 5.32. The number of nitrogens with two attached hydrogens (primary N) is 1. The van der Waals surface area contributed by atoms with Gasteiger partial charge in [0.25, 0.3) is 0 Å². The van der Waals surface area contributed by atoms with Gasteiger partial charge < -0.3 is 11.1 Å². The van der Waals surface area contributed by atoms with E-state index in [0.717, 1.165) is 6.42 Å². The van der Waals surface area contributed by atoms with Crippen molar-refractivity contribution < 1.29 is 0 Å². The first-order valence-corrected chi connectivity index (χ1v) is 6.41. The van der Waals surface area contributed by atoms with Crippen LogP contribution in [0.5, 0.6) is 0 Å². The number of rotatable bonds is 3. The molecule has 2 atom stereocenters. The smallest absolute Gasteiger partial charge is 0.224 e. The number of hydrogen-bond acceptors (Lipinski definition) is 5. The van der Waals surface area contributed by atoms with Crippen LogP contribution in [0.1, 0.15) is 38.3 Å². The highest BCUT2D eigenvalue weighted by Gasteiger charge is 2.37. The number of nitriles is 1. The van der Waals surface area contributed by atoms with Crippen LogP contribution < -0.4 is 11.1 Å². The van der Waals surface area contributed by atoms with E-state index in [1.807, 2.05) is 6.07 Å². The fourth-order valence-corrected chi connectivity index (χ4v) is 2.66. The Morgan fingerprint density at radius 2 is 2.44 bits per heavy atom. The Kier molecular flexibility index (Phi) is 3.78. The van der Waals surface area contributed by atoms with Crippen LogP contribution in [0, 0.1) is 17.2 Å². The van der Waals surface area contributed by atoms with Gasteiger partial charge in [-0.05, 0) is 24.8 Å². The van der Waals surface area contributed by atoms with Gasteiger partial charge in [0.2, 0.25) is 5.95 Å². The highest BCUT2D eigenvalue weighted by Crippen LogP contribution is 2.35. The van der Waals surface area contributed by atoms with Gasteiger partial charge in [0.1, 0.15) is 11.8 Å². The predicted octanol–water partition coefficient (Wildman–Crippen LogP) is 1.67. The number of nitrogens with one attached hydrogen (secondary N) is 1. The van der Waals surface area contributed by atoms with Crippen LogP contribution in [0.15, 0.2) is 12.3 Å². The van der Waals surface area contributed by atoms with Crippen LogP contribution in [-0.4, -0.2) is 22.1 Å². The Bertz CT molecular complexity index is 453. The molecule has 0 aliphatic heterocycles. The molecule has 5 nitrogen and oxygen atoms in total. The number of nitrogens with zero attached hydrogens (tertiary/aromatic N) is 3. The zero-order valence-corrected chi connectivity index (χ0v) is 10.7. The van der Waals surface area contributed by atoms with Crippen LogP contribution in [-0.2, 0) is 0 Å². The maximum absolute atomic E-state index is 8.85. The van der Waals surface area contributed by atoms with Crippen molar-refractivity contribution in [1.82, 2.24) is 9.97 Å². The molecule has 1 fully saturated rings. The molecule has 18 heavy (non-hydrogen) atoms. The summed E-state index contributed by atoms with van der Waals surface area (Å²) in [6.45, 7) is 2.78. The lowest BCUT2D eigenvalue weighted by Gasteiger charge is -2.42. The normalized spacial score (nSPS) is 27.5. The molecule has 5 heteroatoms. The molecule has 1 aromatic heterocycles. The maximum Gasteiger partial charge on any atom is 0.224 e. The molecule has 1 aliphatic carbocycles. The molecule has 1 aromatic rings. The molecular weight excluding hydrogens is 226 g/mol. The lowest BCUT2D eigenvalue weighted by molar-refractivity contribution is 0.234. The van der Waals surface area contributed by atoms with Gasteiger partial charge in [-0.1, -0.05) is 19.8 Å². The summed E-state index contributed by atoms with van der Waals surface area (Å²) in [4.78, 5) is 8.35. The van der Waals surface area contributed by atoms with E-state index in [1.165, 1.54) is 19.3 Å². The highest BCUT2D eigenvalue weighted by molar-refractivity contribution is 5.34. The minimum atomic E-state index is -0.133. The third-order valence-corrected chi connectivity index (χ3v) is 3.95. The molecule has 0 aromatic carbocycles. The lowest BCUT2D eigenvalue weighted by Crippen LogP contribution is -2.52. The fourth-order valence-electron chi connectivity index (χ4n) is 2.66. The summed E-state index contributed by atoms with van der Waals surface area (Å²) in [6, 6.07) is 3.63. The van der Waals surface area contributed by atoms with Crippen molar-refractivity contribution in [2.24, 2.45) is 11.7 Å². The van der Waals surface area contributed by atoms with Gasteiger partial charge in [0.05, 0.1) is 5.54 Å². The Labute approximate surface area is 107 Å². The quantitative estimate of drug-likeness (QED) is 0.845. The summed E-state index contributed by atoms with van der Waals surface area (Å²) in [6.07, 6.45) is 6.23. The first-order valence-electron chi connectivity index (χ1n) is 6.41. The molecule has 96 valence electrons. The van der Waals surface area contributed by atoms with Crippen molar-refractivity contribution in [3.8, 4) is 6.07 Å². The first kappa shape index (κ1) is 12.8. The Morgan fingerprint density at radius 1 is 1.61 bits per heavy atom. The van der Waals surface area contributed by atoms with Gasteiger partial charge in [-0.15, -0.1) is 0 Å². The number of aromatic nitrogens is 2. The van der Waals surface area contributed by atoms with E-state index in [9.17, 15) is 0 Å². The maximum atomic E-state index is 8.85. The average molecular weight is 245 g/mol. The highest BCUT2D eigenvalue weighted by atomic mass is 15.2. The zero-order chi connectivity index (χ0) is 13.0. The Hall–Kier alpha value is -1.67.